The van der Waals surface area contributed by atoms with Crippen LogP contribution in [0.1, 0.15) is 16.2 Å². The van der Waals surface area contributed by atoms with Crippen LogP contribution in [0.15, 0.2) is 24.5 Å². The minimum absolute atomic E-state index is 0.0583. The van der Waals surface area contributed by atoms with Gasteiger partial charge in [0.05, 0.1) is 11.3 Å². The second-order valence-electron chi connectivity index (χ2n) is 4.74. The largest absolute Gasteiger partial charge is 0.338 e. The van der Waals surface area contributed by atoms with E-state index >= 15 is 0 Å². The van der Waals surface area contributed by atoms with Crippen molar-refractivity contribution in [3.8, 4) is 0 Å². The highest BCUT2D eigenvalue weighted by atomic mass is 19.1. The first-order chi connectivity index (χ1) is 10.0. The Morgan fingerprint density at radius 3 is 2.57 bits per heavy atom. The van der Waals surface area contributed by atoms with Gasteiger partial charge < -0.3 is 9.47 Å². The van der Waals surface area contributed by atoms with Crippen molar-refractivity contribution in [2.75, 3.05) is 11.4 Å². The lowest BCUT2D eigenvalue weighted by Gasteiger charge is -2.16. The Balaban J connectivity index is 1.95. The zero-order valence-electron chi connectivity index (χ0n) is 11.1. The van der Waals surface area contributed by atoms with Crippen molar-refractivity contribution in [3.63, 3.8) is 0 Å². The van der Waals surface area contributed by atoms with E-state index in [0.29, 0.717) is 12.2 Å². The molecule has 21 heavy (non-hydrogen) atoms. The average Bonchev–Trinajstić information content (AvgIpc) is 2.97. The number of imidazole rings is 1. The Morgan fingerprint density at radius 1 is 1.19 bits per heavy atom. The molecule has 0 bridgehead atoms. The van der Waals surface area contributed by atoms with Gasteiger partial charge in [-0.05, 0) is 12.1 Å². The number of benzene rings is 1. The molecule has 0 aliphatic carbocycles. The van der Waals surface area contributed by atoms with Crippen molar-refractivity contribution in [1.29, 1.82) is 0 Å². The topological polar surface area (TPSA) is 55.2 Å². The first-order valence-corrected chi connectivity index (χ1v) is 6.31. The van der Waals surface area contributed by atoms with Gasteiger partial charge in [0.2, 0.25) is 0 Å². The number of halogens is 2. The summed E-state index contributed by atoms with van der Waals surface area (Å²) in [6.45, 7) is 0.0583. The molecule has 0 N–H and O–H groups in total. The molecule has 1 aromatic carbocycles. The maximum atomic E-state index is 13.9. The summed E-state index contributed by atoms with van der Waals surface area (Å²) in [4.78, 5) is 28.8. The number of nitrogens with zero attached hydrogens (tertiary/aromatic N) is 3. The molecule has 1 aliphatic rings. The van der Waals surface area contributed by atoms with E-state index in [-0.39, 0.29) is 12.2 Å². The maximum absolute atomic E-state index is 13.9. The second kappa shape index (κ2) is 4.76. The van der Waals surface area contributed by atoms with E-state index < -0.39 is 28.9 Å². The summed E-state index contributed by atoms with van der Waals surface area (Å²) in [5, 5.41) is 0. The first-order valence-electron chi connectivity index (χ1n) is 6.31. The van der Waals surface area contributed by atoms with Crippen LogP contribution in [0, 0.1) is 11.6 Å². The van der Waals surface area contributed by atoms with Crippen molar-refractivity contribution in [2.45, 2.75) is 6.42 Å². The number of carbonyl (C=O) groups is 2. The number of carbonyl (C=O) groups excluding carboxylic acids is 2. The molecule has 0 unspecified atom stereocenters. The fourth-order valence-electron chi connectivity index (χ4n) is 2.41. The van der Waals surface area contributed by atoms with Gasteiger partial charge in [0.15, 0.2) is 0 Å². The minimum Gasteiger partial charge on any atom is -0.338 e. The van der Waals surface area contributed by atoms with E-state index in [0.717, 1.165) is 17.0 Å². The van der Waals surface area contributed by atoms with Gasteiger partial charge in [0.25, 0.3) is 11.7 Å². The van der Waals surface area contributed by atoms with Gasteiger partial charge >= 0.3 is 0 Å². The van der Waals surface area contributed by atoms with Crippen LogP contribution in [0.4, 0.5) is 14.5 Å². The summed E-state index contributed by atoms with van der Waals surface area (Å²) in [6, 6.07) is 1.76. The number of rotatable bonds is 3. The minimum atomic E-state index is -1.01. The predicted octanol–water partition coefficient (Wildman–Crippen LogP) is 1.47. The summed E-state index contributed by atoms with van der Waals surface area (Å²) >= 11 is 0. The van der Waals surface area contributed by atoms with Gasteiger partial charge in [-0.2, -0.15) is 0 Å². The Morgan fingerprint density at radius 2 is 1.90 bits per heavy atom. The number of hydrogen-bond acceptors (Lipinski definition) is 3. The third-order valence-electron chi connectivity index (χ3n) is 3.49. The van der Waals surface area contributed by atoms with E-state index in [1.165, 1.54) is 0 Å². The monoisotopic (exact) mass is 291 g/mol. The summed E-state index contributed by atoms with van der Waals surface area (Å²) in [7, 11) is 1.79. The third-order valence-corrected chi connectivity index (χ3v) is 3.49. The number of ketones is 1. The Kier molecular flexibility index (Phi) is 3.04. The lowest BCUT2D eigenvalue weighted by Crippen LogP contribution is -2.32. The number of hydrogen-bond donors (Lipinski definition) is 0. The van der Waals surface area contributed by atoms with Crippen molar-refractivity contribution in [3.05, 3.63) is 47.5 Å². The third kappa shape index (κ3) is 2.01. The molecule has 0 saturated carbocycles. The number of aryl methyl sites for hydroxylation is 1. The van der Waals surface area contributed by atoms with Crippen LogP contribution >= 0.6 is 0 Å². The zero-order chi connectivity index (χ0) is 15.1. The Hall–Kier alpha value is -2.57. The molecule has 2 aromatic rings. The van der Waals surface area contributed by atoms with Crippen molar-refractivity contribution >= 4 is 17.4 Å². The normalized spacial score (nSPS) is 14.0. The van der Waals surface area contributed by atoms with Crippen LogP contribution < -0.4 is 4.90 Å². The smallest absolute Gasteiger partial charge is 0.299 e. The van der Waals surface area contributed by atoms with E-state index in [1.807, 2.05) is 0 Å². The van der Waals surface area contributed by atoms with E-state index in [4.69, 9.17) is 0 Å². The molecule has 7 heteroatoms. The van der Waals surface area contributed by atoms with Gasteiger partial charge in [-0.1, -0.05) is 0 Å². The summed E-state index contributed by atoms with van der Waals surface area (Å²) in [5.74, 6) is -2.92. The lowest BCUT2D eigenvalue weighted by atomic mass is 10.1. The maximum Gasteiger partial charge on any atom is 0.299 e. The van der Waals surface area contributed by atoms with Crippen molar-refractivity contribution < 1.29 is 18.4 Å². The molecule has 1 aliphatic heterocycles. The van der Waals surface area contributed by atoms with Crippen LogP contribution in [-0.4, -0.2) is 27.8 Å². The highest BCUT2D eigenvalue weighted by Crippen LogP contribution is 2.33. The van der Waals surface area contributed by atoms with Crippen molar-refractivity contribution in [2.24, 2.45) is 7.05 Å². The molecular formula is C14H11F2N3O2. The molecule has 2 heterocycles. The van der Waals surface area contributed by atoms with Gasteiger partial charge in [-0.15, -0.1) is 0 Å². The Bertz CT molecular complexity index is 755. The summed E-state index contributed by atoms with van der Waals surface area (Å²) in [5.41, 5.74) is -0.765. The SMILES string of the molecule is Cn1ccnc1CCN1C(=O)C(=O)c2c(F)ccc(F)c21. The highest BCUT2D eigenvalue weighted by molar-refractivity contribution is 6.52. The summed E-state index contributed by atoms with van der Waals surface area (Å²) < 4.78 is 29.3. The van der Waals surface area contributed by atoms with Gasteiger partial charge in [0.1, 0.15) is 17.5 Å². The van der Waals surface area contributed by atoms with Gasteiger partial charge in [0, 0.05) is 32.4 Å². The molecule has 108 valence electrons. The molecule has 3 rings (SSSR count). The van der Waals surface area contributed by atoms with E-state index in [1.54, 1.807) is 24.0 Å². The zero-order valence-corrected chi connectivity index (χ0v) is 11.1. The van der Waals surface area contributed by atoms with Crippen LogP contribution in [-0.2, 0) is 18.3 Å². The number of Topliss-reactive ketones (excluding diaryl/α,β-unsaturated/α-hetero) is 1. The predicted molar refractivity (Wildman–Crippen MR) is 70.0 cm³/mol. The van der Waals surface area contributed by atoms with Crippen LogP contribution in [0.2, 0.25) is 0 Å². The molecule has 0 radical (unpaired) electrons. The molecule has 0 spiro atoms. The lowest BCUT2D eigenvalue weighted by molar-refractivity contribution is -0.114. The standard InChI is InChI=1S/C14H11F2N3O2/c1-18-7-5-17-10(18)4-6-19-12-9(16)3-2-8(15)11(12)13(20)14(19)21/h2-3,5,7H,4,6H2,1H3. The van der Waals surface area contributed by atoms with Gasteiger partial charge in [-0.3, -0.25) is 9.59 Å². The van der Waals surface area contributed by atoms with Crippen LogP contribution in [0.25, 0.3) is 0 Å². The molecule has 0 saturated heterocycles. The molecule has 1 amide bonds. The molecule has 5 nitrogen and oxygen atoms in total. The Labute approximate surface area is 118 Å². The number of anilines is 1. The second-order valence-corrected chi connectivity index (χ2v) is 4.74. The van der Waals surface area contributed by atoms with Crippen LogP contribution in [0.3, 0.4) is 0 Å². The number of aromatic nitrogens is 2. The van der Waals surface area contributed by atoms with E-state index in [9.17, 15) is 18.4 Å². The number of fused-ring (bicyclic) bond motifs is 1. The molecular weight excluding hydrogens is 280 g/mol. The molecule has 0 atom stereocenters. The molecule has 1 aromatic heterocycles. The van der Waals surface area contributed by atoms with Crippen LogP contribution in [0.5, 0.6) is 0 Å². The fourth-order valence-corrected chi connectivity index (χ4v) is 2.41. The van der Waals surface area contributed by atoms with E-state index in [2.05, 4.69) is 4.98 Å². The summed E-state index contributed by atoms with van der Waals surface area (Å²) in [6.07, 6.45) is 3.67. The molecule has 0 fully saturated rings. The highest BCUT2D eigenvalue weighted by Gasteiger charge is 2.40. The first kappa shape index (κ1) is 13.4. The van der Waals surface area contributed by atoms with Gasteiger partial charge in [-0.25, -0.2) is 13.8 Å². The average molecular weight is 291 g/mol. The van der Waals surface area contributed by atoms with Crippen molar-refractivity contribution in [1.82, 2.24) is 9.55 Å². The quantitative estimate of drug-likeness (QED) is 0.805. The number of amides is 1. The fraction of sp³-hybridized carbons (Fsp3) is 0.214.